The third-order valence-electron chi connectivity index (χ3n) is 2.37. The van der Waals surface area contributed by atoms with Crippen LogP contribution in [0.1, 0.15) is 17.3 Å². The number of aromatic carboxylic acids is 1. The van der Waals surface area contributed by atoms with Gasteiger partial charge in [0.15, 0.2) is 0 Å². The van der Waals surface area contributed by atoms with Gasteiger partial charge in [0.05, 0.1) is 23.2 Å². The van der Waals surface area contributed by atoms with E-state index in [4.69, 9.17) is 10.4 Å². The molecule has 0 bridgehead atoms. The lowest BCUT2D eigenvalue weighted by Gasteiger charge is -2.21. The Morgan fingerprint density at radius 1 is 1.65 bits per heavy atom. The summed E-state index contributed by atoms with van der Waals surface area (Å²) in [7, 11) is 1.66. The molecule has 0 aliphatic heterocycles. The average molecular weight is 236 g/mol. The summed E-state index contributed by atoms with van der Waals surface area (Å²) in [6, 6.07) is 5.78. The van der Waals surface area contributed by atoms with Crippen LogP contribution >= 0.6 is 0 Å². The van der Waals surface area contributed by atoms with Gasteiger partial charge in [-0.2, -0.15) is 5.26 Å². The molecule has 1 aromatic rings. The third kappa shape index (κ3) is 3.18. The summed E-state index contributed by atoms with van der Waals surface area (Å²) >= 11 is 0. The van der Waals surface area contributed by atoms with Gasteiger partial charge < -0.3 is 10.0 Å². The first-order valence-electron chi connectivity index (χ1n) is 5.09. The van der Waals surface area contributed by atoms with Crippen LogP contribution in [-0.4, -0.2) is 24.7 Å². The standard InChI is InChI=1S/C12H13FN2O2/c1-8(6-14)7-15(2)11-4-3-9(12(16)17)5-10(11)13/h3-5,8H,7H2,1-2H3,(H,16,17). The average Bonchev–Trinajstić information content (AvgIpc) is 2.28. The molecule has 17 heavy (non-hydrogen) atoms. The van der Waals surface area contributed by atoms with Crippen molar-refractivity contribution in [1.82, 2.24) is 0 Å². The van der Waals surface area contributed by atoms with Crippen molar-refractivity contribution >= 4 is 11.7 Å². The summed E-state index contributed by atoms with van der Waals surface area (Å²) in [5.41, 5.74) is 0.199. The lowest BCUT2D eigenvalue weighted by Crippen LogP contribution is -2.24. The number of carbonyl (C=O) groups is 1. The second-order valence-corrected chi connectivity index (χ2v) is 3.88. The second kappa shape index (κ2) is 5.30. The maximum Gasteiger partial charge on any atom is 0.335 e. The molecule has 1 unspecified atom stereocenters. The Bertz CT molecular complexity index is 468. The zero-order valence-electron chi connectivity index (χ0n) is 9.64. The Kier molecular flexibility index (Phi) is 4.05. The third-order valence-corrected chi connectivity index (χ3v) is 2.37. The number of anilines is 1. The quantitative estimate of drug-likeness (QED) is 0.869. The van der Waals surface area contributed by atoms with Gasteiger partial charge in [-0.3, -0.25) is 0 Å². The van der Waals surface area contributed by atoms with E-state index in [0.29, 0.717) is 6.54 Å². The highest BCUT2D eigenvalue weighted by Gasteiger charge is 2.13. The van der Waals surface area contributed by atoms with Crippen molar-refractivity contribution in [2.75, 3.05) is 18.5 Å². The number of carboxylic acids is 1. The van der Waals surface area contributed by atoms with Gasteiger partial charge in [0.1, 0.15) is 5.82 Å². The highest BCUT2D eigenvalue weighted by molar-refractivity contribution is 5.88. The van der Waals surface area contributed by atoms with Crippen molar-refractivity contribution in [1.29, 1.82) is 5.26 Å². The minimum atomic E-state index is -1.16. The van der Waals surface area contributed by atoms with Gasteiger partial charge in [-0.1, -0.05) is 0 Å². The molecule has 1 N–H and O–H groups in total. The number of nitriles is 1. The fraction of sp³-hybridized carbons (Fsp3) is 0.333. The molecule has 1 rings (SSSR count). The van der Waals surface area contributed by atoms with Gasteiger partial charge in [0, 0.05) is 13.6 Å². The number of hydrogen-bond acceptors (Lipinski definition) is 3. The lowest BCUT2D eigenvalue weighted by molar-refractivity contribution is 0.0696. The SMILES string of the molecule is CC(C#N)CN(C)c1ccc(C(=O)O)cc1F. The van der Waals surface area contributed by atoms with E-state index in [-0.39, 0.29) is 17.2 Å². The van der Waals surface area contributed by atoms with E-state index in [9.17, 15) is 9.18 Å². The monoisotopic (exact) mass is 236 g/mol. The van der Waals surface area contributed by atoms with E-state index in [1.807, 2.05) is 0 Å². The molecule has 0 fully saturated rings. The molecule has 0 radical (unpaired) electrons. The number of halogens is 1. The number of nitrogens with zero attached hydrogens (tertiary/aromatic N) is 2. The van der Waals surface area contributed by atoms with Gasteiger partial charge in [-0.25, -0.2) is 9.18 Å². The van der Waals surface area contributed by atoms with E-state index in [1.165, 1.54) is 12.1 Å². The zero-order valence-corrected chi connectivity index (χ0v) is 9.64. The Hall–Kier alpha value is -2.09. The fourth-order valence-electron chi connectivity index (χ4n) is 1.50. The molecular formula is C12H13FN2O2. The first-order valence-corrected chi connectivity index (χ1v) is 5.09. The molecule has 0 aliphatic carbocycles. The van der Waals surface area contributed by atoms with Crippen LogP contribution in [0.2, 0.25) is 0 Å². The predicted octanol–water partition coefficient (Wildman–Crippen LogP) is 2.12. The summed E-state index contributed by atoms with van der Waals surface area (Å²) in [6.07, 6.45) is 0. The largest absolute Gasteiger partial charge is 0.478 e. The van der Waals surface area contributed by atoms with Crippen LogP contribution in [0.4, 0.5) is 10.1 Å². The van der Waals surface area contributed by atoms with Crippen LogP contribution < -0.4 is 4.90 Å². The van der Waals surface area contributed by atoms with Gasteiger partial charge >= 0.3 is 5.97 Å². The molecule has 90 valence electrons. The van der Waals surface area contributed by atoms with Crippen LogP contribution in [0.3, 0.4) is 0 Å². The maximum atomic E-state index is 13.6. The van der Waals surface area contributed by atoms with Crippen LogP contribution in [0.5, 0.6) is 0 Å². The molecule has 0 heterocycles. The van der Waals surface area contributed by atoms with E-state index in [0.717, 1.165) is 6.07 Å². The maximum absolute atomic E-state index is 13.6. The van der Waals surface area contributed by atoms with Gasteiger partial charge in [-0.05, 0) is 25.1 Å². The van der Waals surface area contributed by atoms with Gasteiger partial charge in [0.25, 0.3) is 0 Å². The van der Waals surface area contributed by atoms with Gasteiger partial charge in [0.2, 0.25) is 0 Å². The Morgan fingerprint density at radius 2 is 2.29 bits per heavy atom. The van der Waals surface area contributed by atoms with Crippen LogP contribution in [0, 0.1) is 23.1 Å². The van der Waals surface area contributed by atoms with Crippen molar-refractivity contribution in [3.63, 3.8) is 0 Å². The topological polar surface area (TPSA) is 64.3 Å². The van der Waals surface area contributed by atoms with Crippen LogP contribution in [0.25, 0.3) is 0 Å². The van der Waals surface area contributed by atoms with Crippen molar-refractivity contribution in [2.45, 2.75) is 6.92 Å². The van der Waals surface area contributed by atoms with Crippen LogP contribution in [0.15, 0.2) is 18.2 Å². The summed E-state index contributed by atoms with van der Waals surface area (Å²) in [4.78, 5) is 12.2. The Morgan fingerprint density at radius 3 is 2.76 bits per heavy atom. The number of rotatable bonds is 4. The minimum absolute atomic E-state index is 0.0898. The first kappa shape index (κ1) is 13.0. The summed E-state index contributed by atoms with van der Waals surface area (Å²) < 4.78 is 13.6. The molecule has 1 atom stereocenters. The summed E-state index contributed by atoms with van der Waals surface area (Å²) in [6.45, 7) is 2.12. The molecular weight excluding hydrogens is 223 g/mol. The predicted molar refractivity (Wildman–Crippen MR) is 61.4 cm³/mol. The molecule has 1 aromatic carbocycles. The van der Waals surface area contributed by atoms with Crippen molar-refractivity contribution < 1.29 is 14.3 Å². The first-order chi connectivity index (χ1) is 7.95. The molecule has 5 heteroatoms. The molecule has 0 aliphatic rings. The second-order valence-electron chi connectivity index (χ2n) is 3.88. The number of benzene rings is 1. The van der Waals surface area contributed by atoms with Crippen molar-refractivity contribution in [3.05, 3.63) is 29.6 Å². The summed E-state index contributed by atoms with van der Waals surface area (Å²) in [5, 5.41) is 17.4. The number of carboxylic acid groups (broad SMARTS) is 1. The molecule has 0 amide bonds. The molecule has 0 aromatic heterocycles. The van der Waals surface area contributed by atoms with E-state index >= 15 is 0 Å². The van der Waals surface area contributed by atoms with E-state index in [2.05, 4.69) is 6.07 Å². The molecule has 0 saturated heterocycles. The molecule has 0 saturated carbocycles. The van der Waals surface area contributed by atoms with Crippen LogP contribution in [-0.2, 0) is 0 Å². The molecule has 4 nitrogen and oxygen atoms in total. The highest BCUT2D eigenvalue weighted by atomic mass is 19.1. The fourth-order valence-corrected chi connectivity index (χ4v) is 1.50. The van der Waals surface area contributed by atoms with Crippen molar-refractivity contribution in [2.24, 2.45) is 5.92 Å². The lowest BCUT2D eigenvalue weighted by atomic mass is 10.1. The van der Waals surface area contributed by atoms with Gasteiger partial charge in [-0.15, -0.1) is 0 Å². The smallest absolute Gasteiger partial charge is 0.335 e. The number of hydrogen-bond donors (Lipinski definition) is 1. The Balaban J connectivity index is 2.93. The Labute approximate surface area is 98.9 Å². The zero-order chi connectivity index (χ0) is 13.0. The normalized spacial score (nSPS) is 11.6. The molecule has 0 spiro atoms. The van der Waals surface area contributed by atoms with E-state index in [1.54, 1.807) is 18.9 Å². The minimum Gasteiger partial charge on any atom is -0.478 e. The van der Waals surface area contributed by atoms with E-state index < -0.39 is 11.8 Å². The summed E-state index contributed by atoms with van der Waals surface area (Å²) in [5.74, 6) is -1.99. The van der Waals surface area contributed by atoms with Crippen molar-refractivity contribution in [3.8, 4) is 6.07 Å². The highest BCUT2D eigenvalue weighted by Crippen LogP contribution is 2.20.